The Labute approximate surface area is 245 Å². The minimum absolute atomic E-state index is 0.0424. The number of ether oxygens (including phenoxy) is 2. The van der Waals surface area contributed by atoms with Crippen LogP contribution >= 0.6 is 27.7 Å². The molecule has 1 aliphatic rings. The molecule has 0 aliphatic carbocycles. The van der Waals surface area contributed by atoms with Crippen LogP contribution in [-0.4, -0.2) is 18.2 Å². The van der Waals surface area contributed by atoms with Gasteiger partial charge < -0.3 is 9.47 Å². The van der Waals surface area contributed by atoms with Crippen LogP contribution in [0.1, 0.15) is 22.3 Å². The normalized spacial score (nSPS) is 15.2. The Balaban J connectivity index is 1.48. The van der Waals surface area contributed by atoms with E-state index in [4.69, 9.17) is 14.5 Å². The Kier molecular flexibility index (Phi) is 8.38. The van der Waals surface area contributed by atoms with Gasteiger partial charge in [0.25, 0.3) is 5.91 Å². The van der Waals surface area contributed by atoms with Gasteiger partial charge in [-0.15, -0.1) is 0 Å². The fourth-order valence-corrected chi connectivity index (χ4v) is 5.66. The van der Waals surface area contributed by atoms with Crippen molar-refractivity contribution in [3.63, 3.8) is 0 Å². The highest BCUT2D eigenvalue weighted by Gasteiger charge is 2.35. The number of thioether (sulfide) groups is 1. The second-order valence-electron chi connectivity index (χ2n) is 9.23. The Bertz CT molecular complexity index is 1620. The molecule has 0 unspecified atom stereocenters. The van der Waals surface area contributed by atoms with Crippen molar-refractivity contribution in [2.45, 2.75) is 20.5 Å². The number of carbonyl (C=O) groups excluding carboxylic acids is 1. The molecule has 1 saturated heterocycles. The second kappa shape index (κ2) is 12.1. The van der Waals surface area contributed by atoms with Gasteiger partial charge in [-0.3, -0.25) is 9.69 Å². The summed E-state index contributed by atoms with van der Waals surface area (Å²) in [6, 6.07) is 25.7. The van der Waals surface area contributed by atoms with Crippen LogP contribution in [0.4, 0.5) is 15.8 Å². The van der Waals surface area contributed by atoms with Gasteiger partial charge >= 0.3 is 0 Å². The van der Waals surface area contributed by atoms with Crippen LogP contribution in [0.2, 0.25) is 0 Å². The lowest BCUT2D eigenvalue weighted by atomic mass is 10.1. The maximum atomic E-state index is 14.1. The second-order valence-corrected chi connectivity index (χ2v) is 11.1. The first-order valence-electron chi connectivity index (χ1n) is 12.5. The zero-order valence-corrected chi connectivity index (χ0v) is 24.6. The van der Waals surface area contributed by atoms with Crippen LogP contribution in [0.15, 0.2) is 99.3 Å². The van der Waals surface area contributed by atoms with Gasteiger partial charge in [0.1, 0.15) is 12.4 Å². The maximum absolute atomic E-state index is 14.1. The third-order valence-corrected chi connectivity index (χ3v) is 7.79. The first-order chi connectivity index (χ1) is 19.3. The molecule has 0 atom stereocenters. The Morgan fingerprint density at radius 3 is 2.33 bits per heavy atom. The van der Waals surface area contributed by atoms with Gasteiger partial charge in [-0.25, -0.2) is 9.38 Å². The smallest absolute Gasteiger partial charge is 0.271 e. The van der Waals surface area contributed by atoms with Crippen LogP contribution in [0.25, 0.3) is 6.08 Å². The quantitative estimate of drug-likeness (QED) is 0.195. The van der Waals surface area contributed by atoms with E-state index >= 15 is 0 Å². The largest absolute Gasteiger partial charge is 0.493 e. The van der Waals surface area contributed by atoms with Crippen molar-refractivity contribution in [2.24, 2.45) is 4.99 Å². The topological polar surface area (TPSA) is 51.1 Å². The minimum atomic E-state index is -0.336. The van der Waals surface area contributed by atoms with Crippen molar-refractivity contribution >= 4 is 56.2 Å². The number of methoxy groups -OCH3 is 1. The Morgan fingerprint density at radius 1 is 0.975 bits per heavy atom. The van der Waals surface area contributed by atoms with Crippen molar-refractivity contribution in [3.05, 3.63) is 122 Å². The van der Waals surface area contributed by atoms with E-state index in [1.807, 2.05) is 68.4 Å². The van der Waals surface area contributed by atoms with E-state index in [1.54, 1.807) is 35.2 Å². The summed E-state index contributed by atoms with van der Waals surface area (Å²) in [5.41, 5.74) is 4.92. The highest BCUT2D eigenvalue weighted by molar-refractivity contribution is 9.10. The molecule has 1 aliphatic heterocycles. The molecule has 40 heavy (non-hydrogen) atoms. The molecule has 5 rings (SSSR count). The summed E-state index contributed by atoms with van der Waals surface area (Å²) in [4.78, 5) is 20.7. The lowest BCUT2D eigenvalue weighted by Crippen LogP contribution is -2.28. The van der Waals surface area contributed by atoms with Crippen molar-refractivity contribution in [1.29, 1.82) is 0 Å². The van der Waals surface area contributed by atoms with E-state index in [0.717, 1.165) is 28.1 Å². The van der Waals surface area contributed by atoms with Gasteiger partial charge in [-0.2, -0.15) is 0 Å². The standard InChI is InChI=1S/C32H26BrFN2O3S/c1-20-8-12-24(13-9-20)35-32-36(25-14-10-21(2)11-15-25)31(37)29(40-32)18-22-16-26(33)30(28(17-22)38-3)39-19-23-6-4-5-7-27(23)34/h4-18H,19H2,1-3H3/b29-18-,35-32?. The van der Waals surface area contributed by atoms with Crippen LogP contribution < -0.4 is 14.4 Å². The fourth-order valence-electron chi connectivity index (χ4n) is 4.08. The zero-order valence-electron chi connectivity index (χ0n) is 22.2. The highest BCUT2D eigenvalue weighted by Crippen LogP contribution is 2.41. The first kappa shape index (κ1) is 27.7. The predicted octanol–water partition coefficient (Wildman–Crippen LogP) is 8.60. The number of aliphatic imine (C=N–C) groups is 1. The lowest BCUT2D eigenvalue weighted by Gasteiger charge is -2.16. The number of amidine groups is 1. The summed E-state index contributed by atoms with van der Waals surface area (Å²) in [5.74, 6) is 0.393. The third-order valence-electron chi connectivity index (χ3n) is 6.24. The summed E-state index contributed by atoms with van der Waals surface area (Å²) in [5, 5.41) is 0.569. The van der Waals surface area contributed by atoms with E-state index in [1.165, 1.54) is 24.9 Å². The third kappa shape index (κ3) is 6.13. The molecule has 0 bridgehead atoms. The van der Waals surface area contributed by atoms with Gasteiger partial charge in [0.2, 0.25) is 0 Å². The first-order valence-corrected chi connectivity index (χ1v) is 14.1. The van der Waals surface area contributed by atoms with Crippen LogP contribution in [0, 0.1) is 19.7 Å². The van der Waals surface area contributed by atoms with Crippen LogP contribution in [0.3, 0.4) is 0 Å². The molecule has 0 radical (unpaired) electrons. The number of hydrogen-bond donors (Lipinski definition) is 0. The molecular weight excluding hydrogens is 591 g/mol. The van der Waals surface area contributed by atoms with Crippen molar-refractivity contribution in [1.82, 2.24) is 0 Å². The SMILES string of the molecule is COc1cc(/C=C2\SC(=Nc3ccc(C)cc3)N(c3ccc(C)cc3)C2=O)cc(Br)c1OCc1ccccc1F. The van der Waals surface area contributed by atoms with Crippen molar-refractivity contribution in [3.8, 4) is 11.5 Å². The van der Waals surface area contributed by atoms with E-state index in [2.05, 4.69) is 15.9 Å². The fraction of sp³-hybridized carbons (Fsp3) is 0.125. The number of aryl methyl sites for hydroxylation is 2. The van der Waals surface area contributed by atoms with Gasteiger partial charge in [0, 0.05) is 5.56 Å². The number of benzene rings is 4. The molecule has 8 heteroatoms. The maximum Gasteiger partial charge on any atom is 0.271 e. The number of anilines is 1. The molecule has 0 saturated carbocycles. The number of halogens is 2. The Hall–Kier alpha value is -3.88. The van der Waals surface area contributed by atoms with E-state index < -0.39 is 0 Å². The summed E-state index contributed by atoms with van der Waals surface area (Å²) in [6.07, 6.45) is 1.81. The van der Waals surface area contributed by atoms with Crippen molar-refractivity contribution < 1.29 is 18.7 Å². The lowest BCUT2D eigenvalue weighted by molar-refractivity contribution is -0.113. The number of nitrogens with zero attached hydrogens (tertiary/aromatic N) is 2. The monoisotopic (exact) mass is 616 g/mol. The molecule has 0 spiro atoms. The molecule has 0 N–H and O–H groups in total. The molecule has 1 fully saturated rings. The molecular formula is C32H26BrFN2O3S. The Morgan fingerprint density at radius 2 is 1.65 bits per heavy atom. The summed E-state index contributed by atoms with van der Waals surface area (Å²) >= 11 is 4.87. The van der Waals surface area contributed by atoms with E-state index in [0.29, 0.717) is 31.6 Å². The highest BCUT2D eigenvalue weighted by atomic mass is 79.9. The van der Waals surface area contributed by atoms with Crippen molar-refractivity contribution in [2.75, 3.05) is 12.0 Å². The number of amides is 1. The summed E-state index contributed by atoms with van der Waals surface area (Å²) in [7, 11) is 1.54. The number of rotatable bonds is 7. The molecule has 5 nitrogen and oxygen atoms in total. The average molecular weight is 618 g/mol. The van der Waals surface area contributed by atoms with E-state index in [-0.39, 0.29) is 18.3 Å². The molecule has 202 valence electrons. The molecule has 4 aromatic carbocycles. The average Bonchev–Trinajstić information content (AvgIpc) is 3.24. The van der Waals surface area contributed by atoms with Crippen LogP contribution in [0.5, 0.6) is 11.5 Å². The van der Waals surface area contributed by atoms with Gasteiger partial charge in [0.05, 0.1) is 27.9 Å². The molecule has 4 aromatic rings. The number of carbonyl (C=O) groups is 1. The van der Waals surface area contributed by atoms with E-state index in [9.17, 15) is 9.18 Å². The number of hydrogen-bond acceptors (Lipinski definition) is 5. The molecule has 1 heterocycles. The summed E-state index contributed by atoms with van der Waals surface area (Å²) < 4.78 is 26.2. The minimum Gasteiger partial charge on any atom is -0.493 e. The van der Waals surface area contributed by atoms with Gasteiger partial charge in [-0.05, 0) is 95.6 Å². The predicted molar refractivity (Wildman–Crippen MR) is 164 cm³/mol. The molecule has 1 amide bonds. The zero-order chi connectivity index (χ0) is 28.2. The van der Waals surface area contributed by atoms with Gasteiger partial charge in [-0.1, -0.05) is 53.6 Å². The summed E-state index contributed by atoms with van der Waals surface area (Å²) in [6.45, 7) is 4.07. The van der Waals surface area contributed by atoms with Crippen LogP contribution in [-0.2, 0) is 11.4 Å². The molecule has 0 aromatic heterocycles. The van der Waals surface area contributed by atoms with Gasteiger partial charge in [0.15, 0.2) is 16.7 Å².